The Morgan fingerprint density at radius 3 is 2.42 bits per heavy atom. The second kappa shape index (κ2) is 6.56. The summed E-state index contributed by atoms with van der Waals surface area (Å²) >= 11 is 11.9. The molecule has 0 fully saturated rings. The molecular formula is C20H13Cl2NO3. The Bertz CT molecular complexity index is 1130. The fourth-order valence-electron chi connectivity index (χ4n) is 2.90. The molecular weight excluding hydrogens is 373 g/mol. The summed E-state index contributed by atoms with van der Waals surface area (Å²) in [5.41, 5.74) is 2.29. The lowest BCUT2D eigenvalue weighted by molar-refractivity contribution is 0.102. The van der Waals surface area contributed by atoms with Gasteiger partial charge in [0.2, 0.25) is 0 Å². The van der Waals surface area contributed by atoms with E-state index < -0.39 is 0 Å². The van der Waals surface area contributed by atoms with Crippen LogP contribution in [0.1, 0.15) is 10.4 Å². The van der Waals surface area contributed by atoms with E-state index in [0.717, 1.165) is 16.4 Å². The maximum atomic E-state index is 12.6. The van der Waals surface area contributed by atoms with Gasteiger partial charge in [0.15, 0.2) is 0 Å². The summed E-state index contributed by atoms with van der Waals surface area (Å²) in [5.74, 6) is 0.189. The molecule has 3 aromatic carbocycles. The van der Waals surface area contributed by atoms with E-state index in [1.165, 1.54) is 0 Å². The number of carbonyl (C=O) groups is 1. The Hall–Kier alpha value is -2.69. The number of benzene rings is 3. The molecule has 0 aliphatic rings. The molecule has 6 heteroatoms. The number of hydrogen-bond acceptors (Lipinski definition) is 3. The van der Waals surface area contributed by atoms with Crippen LogP contribution in [0.15, 0.2) is 59.0 Å². The van der Waals surface area contributed by atoms with Gasteiger partial charge in [0.25, 0.3) is 5.91 Å². The molecule has 26 heavy (non-hydrogen) atoms. The number of rotatable bonds is 3. The van der Waals surface area contributed by atoms with E-state index in [0.29, 0.717) is 32.6 Å². The van der Waals surface area contributed by atoms with Gasteiger partial charge in [0.1, 0.15) is 16.9 Å². The van der Waals surface area contributed by atoms with Crippen molar-refractivity contribution in [3.63, 3.8) is 0 Å². The van der Waals surface area contributed by atoms with E-state index in [4.69, 9.17) is 32.4 Å². The Kier molecular flexibility index (Phi) is 4.23. The van der Waals surface area contributed by atoms with E-state index in [-0.39, 0.29) is 5.91 Å². The van der Waals surface area contributed by atoms with E-state index in [2.05, 4.69) is 5.32 Å². The molecule has 0 saturated carbocycles. The van der Waals surface area contributed by atoms with E-state index in [1.807, 2.05) is 30.3 Å². The average molecular weight is 386 g/mol. The number of anilines is 1. The first kappa shape index (κ1) is 16.8. The molecule has 0 bridgehead atoms. The van der Waals surface area contributed by atoms with Gasteiger partial charge in [0.05, 0.1) is 12.8 Å². The summed E-state index contributed by atoms with van der Waals surface area (Å²) in [4.78, 5) is 12.6. The van der Waals surface area contributed by atoms with Crippen LogP contribution in [0.3, 0.4) is 0 Å². The van der Waals surface area contributed by atoms with Gasteiger partial charge in [-0.2, -0.15) is 0 Å². The minimum absolute atomic E-state index is 0.344. The molecule has 1 amide bonds. The highest BCUT2D eigenvalue weighted by Gasteiger charge is 2.15. The molecule has 0 radical (unpaired) electrons. The highest BCUT2D eigenvalue weighted by molar-refractivity contribution is 6.35. The molecule has 0 spiro atoms. The van der Waals surface area contributed by atoms with Crippen molar-refractivity contribution in [1.82, 2.24) is 0 Å². The third kappa shape index (κ3) is 2.98. The highest BCUT2D eigenvalue weighted by Crippen LogP contribution is 2.36. The van der Waals surface area contributed by atoms with Crippen molar-refractivity contribution in [3.8, 4) is 5.75 Å². The monoisotopic (exact) mass is 385 g/mol. The number of fused-ring (bicyclic) bond motifs is 3. The van der Waals surface area contributed by atoms with Crippen molar-refractivity contribution in [2.75, 3.05) is 12.4 Å². The van der Waals surface area contributed by atoms with Gasteiger partial charge < -0.3 is 14.5 Å². The molecule has 0 aliphatic heterocycles. The smallest absolute Gasteiger partial charge is 0.255 e. The number of furan rings is 1. The number of nitrogens with one attached hydrogen (secondary N) is 1. The molecule has 0 unspecified atom stereocenters. The Labute approximate surface area is 159 Å². The third-order valence-corrected chi connectivity index (χ3v) is 4.51. The van der Waals surface area contributed by atoms with E-state index in [1.54, 1.807) is 31.4 Å². The molecule has 4 rings (SSSR count). The Morgan fingerprint density at radius 1 is 0.962 bits per heavy atom. The molecule has 4 aromatic rings. The van der Waals surface area contributed by atoms with Crippen LogP contribution < -0.4 is 10.1 Å². The minimum atomic E-state index is -0.344. The van der Waals surface area contributed by atoms with Crippen LogP contribution in [-0.2, 0) is 0 Å². The van der Waals surface area contributed by atoms with Crippen molar-refractivity contribution in [1.29, 1.82) is 0 Å². The molecule has 0 atom stereocenters. The van der Waals surface area contributed by atoms with Gasteiger partial charge in [-0.3, -0.25) is 4.79 Å². The summed E-state index contributed by atoms with van der Waals surface area (Å²) in [5, 5.41) is 5.51. The standard InChI is InChI=1S/C20H13Cl2NO3/c1-25-19-9-15-14-4-2-3-5-17(14)26-18(15)10-16(19)23-20(24)11-6-12(21)8-13(22)7-11/h2-10H,1H3,(H,23,24). The number of para-hydroxylation sites is 1. The number of carbonyl (C=O) groups excluding carboxylic acids is 1. The van der Waals surface area contributed by atoms with E-state index in [9.17, 15) is 4.79 Å². The van der Waals surface area contributed by atoms with Gasteiger partial charge in [-0.15, -0.1) is 0 Å². The van der Waals surface area contributed by atoms with Crippen LogP contribution in [0.25, 0.3) is 21.9 Å². The zero-order valence-corrected chi connectivity index (χ0v) is 15.2. The maximum absolute atomic E-state index is 12.6. The predicted octanol–water partition coefficient (Wildman–Crippen LogP) is 6.15. The van der Waals surface area contributed by atoms with Crippen LogP contribution in [0, 0.1) is 0 Å². The molecule has 4 nitrogen and oxygen atoms in total. The van der Waals surface area contributed by atoms with Crippen molar-refractivity contribution >= 4 is 56.7 Å². The molecule has 1 N–H and O–H groups in total. The summed E-state index contributed by atoms with van der Waals surface area (Å²) in [7, 11) is 1.55. The van der Waals surface area contributed by atoms with Gasteiger partial charge in [-0.1, -0.05) is 41.4 Å². The summed E-state index contributed by atoms with van der Waals surface area (Å²) < 4.78 is 11.3. The van der Waals surface area contributed by atoms with Gasteiger partial charge >= 0.3 is 0 Å². The molecule has 0 saturated heterocycles. The summed E-state index contributed by atoms with van der Waals surface area (Å²) in [6.45, 7) is 0. The fraction of sp³-hybridized carbons (Fsp3) is 0.0500. The highest BCUT2D eigenvalue weighted by atomic mass is 35.5. The predicted molar refractivity (Wildman–Crippen MR) is 105 cm³/mol. The van der Waals surface area contributed by atoms with E-state index >= 15 is 0 Å². The largest absolute Gasteiger partial charge is 0.495 e. The zero-order valence-electron chi connectivity index (χ0n) is 13.7. The lowest BCUT2D eigenvalue weighted by Crippen LogP contribution is -2.12. The average Bonchev–Trinajstić information content (AvgIpc) is 2.97. The number of amides is 1. The van der Waals surface area contributed by atoms with Gasteiger partial charge in [0, 0.05) is 32.4 Å². The Balaban J connectivity index is 1.77. The van der Waals surface area contributed by atoms with Crippen LogP contribution in [0.4, 0.5) is 5.69 Å². The second-order valence-corrected chi connectivity index (χ2v) is 6.63. The maximum Gasteiger partial charge on any atom is 0.255 e. The number of methoxy groups -OCH3 is 1. The topological polar surface area (TPSA) is 51.5 Å². The summed E-state index contributed by atoms with van der Waals surface area (Å²) in [6.07, 6.45) is 0. The van der Waals surface area contributed by atoms with Crippen LogP contribution in [-0.4, -0.2) is 13.0 Å². The quantitative estimate of drug-likeness (QED) is 0.459. The first-order valence-corrected chi connectivity index (χ1v) is 8.57. The first-order valence-electron chi connectivity index (χ1n) is 7.82. The molecule has 130 valence electrons. The van der Waals surface area contributed by atoms with Crippen LogP contribution >= 0.6 is 23.2 Å². The number of hydrogen-bond donors (Lipinski definition) is 1. The van der Waals surface area contributed by atoms with Crippen molar-refractivity contribution in [3.05, 3.63) is 70.2 Å². The van der Waals surface area contributed by atoms with Crippen LogP contribution in [0.5, 0.6) is 5.75 Å². The normalized spacial score (nSPS) is 11.0. The van der Waals surface area contributed by atoms with Crippen molar-refractivity contribution < 1.29 is 13.9 Å². The van der Waals surface area contributed by atoms with Gasteiger partial charge in [-0.25, -0.2) is 0 Å². The zero-order chi connectivity index (χ0) is 18.3. The lowest BCUT2D eigenvalue weighted by atomic mass is 10.1. The van der Waals surface area contributed by atoms with Crippen LogP contribution in [0.2, 0.25) is 10.0 Å². The molecule has 0 aliphatic carbocycles. The second-order valence-electron chi connectivity index (χ2n) is 5.76. The first-order chi connectivity index (χ1) is 12.5. The number of ether oxygens (including phenoxy) is 1. The lowest BCUT2D eigenvalue weighted by Gasteiger charge is -2.11. The minimum Gasteiger partial charge on any atom is -0.495 e. The van der Waals surface area contributed by atoms with Crippen molar-refractivity contribution in [2.45, 2.75) is 0 Å². The van der Waals surface area contributed by atoms with Gasteiger partial charge in [-0.05, 0) is 30.3 Å². The fourth-order valence-corrected chi connectivity index (χ4v) is 3.42. The third-order valence-electron chi connectivity index (χ3n) is 4.07. The SMILES string of the molecule is COc1cc2c(cc1NC(=O)c1cc(Cl)cc(Cl)c1)oc1ccccc12. The summed E-state index contributed by atoms with van der Waals surface area (Å²) in [6, 6.07) is 16.0. The number of halogens is 2. The Morgan fingerprint density at radius 2 is 1.69 bits per heavy atom. The molecule has 1 aromatic heterocycles. The molecule has 1 heterocycles. The van der Waals surface area contributed by atoms with Crippen molar-refractivity contribution in [2.24, 2.45) is 0 Å².